The molecule has 11 heteroatoms. The second-order valence-electron chi connectivity index (χ2n) is 13.3. The molecule has 0 aromatic carbocycles. The third kappa shape index (κ3) is 5.72. The van der Waals surface area contributed by atoms with Crippen molar-refractivity contribution in [2.24, 2.45) is 10.8 Å². The molecule has 2 aliphatic heterocycles. The van der Waals surface area contributed by atoms with Gasteiger partial charge in [0.25, 0.3) is 0 Å². The lowest BCUT2D eigenvalue weighted by molar-refractivity contribution is 0.215. The van der Waals surface area contributed by atoms with Crippen molar-refractivity contribution >= 4 is 40.8 Å². The molecule has 8 rings (SSSR count). The van der Waals surface area contributed by atoms with E-state index in [1.54, 1.807) is 6.20 Å². The predicted molar refractivity (Wildman–Crippen MR) is 179 cm³/mol. The number of piperidine rings is 2. The minimum absolute atomic E-state index is 0.318. The summed E-state index contributed by atoms with van der Waals surface area (Å²) in [7, 11) is 0. The summed E-state index contributed by atoms with van der Waals surface area (Å²) in [6.45, 7) is 4.70. The molecular formula is C34H38ClN9S. The van der Waals surface area contributed by atoms with Gasteiger partial charge in [-0.15, -0.1) is 0 Å². The zero-order valence-corrected chi connectivity index (χ0v) is 26.9. The molecule has 2 aliphatic carbocycles. The van der Waals surface area contributed by atoms with Crippen LogP contribution < -0.4 is 21.3 Å². The van der Waals surface area contributed by atoms with E-state index in [9.17, 15) is 0 Å². The van der Waals surface area contributed by atoms with Crippen molar-refractivity contribution in [2.45, 2.75) is 67.8 Å². The van der Waals surface area contributed by atoms with Crippen LogP contribution in [0.4, 0.5) is 17.5 Å². The van der Waals surface area contributed by atoms with E-state index in [1.165, 1.54) is 47.1 Å². The molecule has 0 atom stereocenters. The van der Waals surface area contributed by atoms with Gasteiger partial charge in [-0.1, -0.05) is 35.5 Å². The van der Waals surface area contributed by atoms with E-state index in [-0.39, 0.29) is 0 Å². The van der Waals surface area contributed by atoms with Crippen molar-refractivity contribution in [3.63, 3.8) is 0 Å². The Bertz CT molecular complexity index is 1710. The van der Waals surface area contributed by atoms with Gasteiger partial charge in [0.1, 0.15) is 16.7 Å². The molecule has 2 spiro atoms. The van der Waals surface area contributed by atoms with Gasteiger partial charge in [-0.05, 0) is 104 Å². The molecule has 0 radical (unpaired) electrons. The fourth-order valence-corrected chi connectivity index (χ4v) is 8.91. The number of halogens is 1. The largest absolute Gasteiger partial charge is 0.381 e. The number of rotatable bonds is 6. The first-order chi connectivity index (χ1) is 22.0. The van der Waals surface area contributed by atoms with Gasteiger partial charge < -0.3 is 21.3 Å². The quantitative estimate of drug-likeness (QED) is 0.249. The van der Waals surface area contributed by atoms with Crippen molar-refractivity contribution in [1.82, 2.24) is 30.2 Å². The molecule has 6 heterocycles. The molecule has 4 N–H and O–H groups in total. The fraction of sp³-hybridized carbons (Fsp3) is 0.441. The lowest BCUT2D eigenvalue weighted by Crippen LogP contribution is -2.41. The number of pyridine rings is 3. The highest BCUT2D eigenvalue weighted by Crippen LogP contribution is 2.45. The third-order valence-electron chi connectivity index (χ3n) is 10.4. The van der Waals surface area contributed by atoms with Crippen LogP contribution in [0.25, 0.3) is 0 Å². The molecule has 0 saturated carbocycles. The maximum atomic E-state index is 6.85. The standard InChI is InChI=1S/C34H38ClN9S/c35-29-27(3-9-39-31(29)41-20-22-14-24-16-33(4-10-37-11-5-33)18-26(24)40-19-22)45-32-30(36)43-28(21-42-32)44-12-6-34(7-13-44)15-23-2-1-8-38-25(23)17-34/h1-3,8-9,14,19,21,37H,4-7,10-13,15-18,20H2,(H2,36,43)(H,39,41). The van der Waals surface area contributed by atoms with Crippen LogP contribution in [0.15, 0.2) is 59.0 Å². The molecule has 0 unspecified atom stereocenters. The van der Waals surface area contributed by atoms with E-state index >= 15 is 0 Å². The van der Waals surface area contributed by atoms with Gasteiger partial charge in [0, 0.05) is 54.5 Å². The number of fused-ring (bicyclic) bond motifs is 2. The Morgan fingerprint density at radius 2 is 1.67 bits per heavy atom. The van der Waals surface area contributed by atoms with E-state index in [1.807, 2.05) is 24.7 Å². The summed E-state index contributed by atoms with van der Waals surface area (Å²) in [6.07, 6.45) is 16.6. The Kier molecular flexibility index (Phi) is 7.54. The average Bonchev–Trinajstić information content (AvgIpc) is 3.59. The van der Waals surface area contributed by atoms with E-state index in [0.29, 0.717) is 39.1 Å². The predicted octanol–water partition coefficient (Wildman–Crippen LogP) is 5.51. The van der Waals surface area contributed by atoms with Gasteiger partial charge in [0.2, 0.25) is 0 Å². The Morgan fingerprint density at radius 3 is 2.47 bits per heavy atom. The van der Waals surface area contributed by atoms with Crippen LogP contribution in [-0.2, 0) is 32.2 Å². The summed E-state index contributed by atoms with van der Waals surface area (Å²) in [5, 5.41) is 8.11. The number of nitrogens with zero attached hydrogens (tertiary/aromatic N) is 6. The van der Waals surface area contributed by atoms with Crippen molar-refractivity contribution in [2.75, 3.05) is 42.1 Å². The zero-order chi connectivity index (χ0) is 30.4. The molecule has 4 aromatic rings. The average molecular weight is 640 g/mol. The third-order valence-corrected chi connectivity index (χ3v) is 12.0. The first-order valence-electron chi connectivity index (χ1n) is 16.0. The summed E-state index contributed by atoms with van der Waals surface area (Å²) in [6, 6.07) is 8.48. The van der Waals surface area contributed by atoms with Crippen LogP contribution in [0.1, 0.15) is 53.8 Å². The zero-order valence-electron chi connectivity index (χ0n) is 25.4. The summed E-state index contributed by atoms with van der Waals surface area (Å²) in [4.78, 5) is 26.6. The van der Waals surface area contributed by atoms with Gasteiger partial charge in [-0.25, -0.2) is 15.0 Å². The van der Waals surface area contributed by atoms with Crippen LogP contribution in [0.3, 0.4) is 0 Å². The Labute approximate surface area is 273 Å². The highest BCUT2D eigenvalue weighted by molar-refractivity contribution is 7.99. The molecule has 232 valence electrons. The molecule has 0 bridgehead atoms. The van der Waals surface area contributed by atoms with Crippen molar-refractivity contribution in [1.29, 1.82) is 0 Å². The number of anilines is 3. The Hall–Kier alpha value is -3.47. The topological polar surface area (TPSA) is 118 Å². The van der Waals surface area contributed by atoms with E-state index in [4.69, 9.17) is 32.3 Å². The number of hydrogen-bond acceptors (Lipinski definition) is 10. The highest BCUT2D eigenvalue weighted by Gasteiger charge is 2.41. The Balaban J connectivity index is 0.897. The van der Waals surface area contributed by atoms with Gasteiger partial charge in [-0.3, -0.25) is 9.97 Å². The maximum Gasteiger partial charge on any atom is 0.158 e. The molecule has 2 saturated heterocycles. The first kappa shape index (κ1) is 29.0. The normalized spacial score (nSPS) is 19.5. The smallest absolute Gasteiger partial charge is 0.158 e. The number of aromatic nitrogens is 5. The lowest BCUT2D eigenvalue weighted by atomic mass is 9.76. The number of hydrogen-bond donors (Lipinski definition) is 3. The van der Waals surface area contributed by atoms with Crippen molar-refractivity contribution < 1.29 is 0 Å². The SMILES string of the molecule is Nc1nc(N2CCC3(CC2)Cc2cccnc2C3)cnc1Sc1ccnc(NCc2cnc3c(c2)CC2(CCNCC2)C3)c1Cl. The monoisotopic (exact) mass is 639 g/mol. The van der Waals surface area contributed by atoms with Crippen LogP contribution in [0, 0.1) is 10.8 Å². The van der Waals surface area contributed by atoms with E-state index < -0.39 is 0 Å². The van der Waals surface area contributed by atoms with Crippen molar-refractivity contribution in [3.05, 3.63) is 82.2 Å². The number of nitrogen functional groups attached to an aromatic ring is 1. The molecule has 9 nitrogen and oxygen atoms in total. The minimum Gasteiger partial charge on any atom is -0.381 e. The summed E-state index contributed by atoms with van der Waals surface area (Å²) in [5.41, 5.74) is 13.6. The summed E-state index contributed by atoms with van der Waals surface area (Å²) in [5.74, 6) is 1.87. The van der Waals surface area contributed by atoms with Gasteiger partial charge >= 0.3 is 0 Å². The number of nitrogens with one attached hydrogen (secondary N) is 2. The van der Waals surface area contributed by atoms with Crippen LogP contribution >= 0.6 is 23.4 Å². The molecule has 4 aromatic heterocycles. The van der Waals surface area contributed by atoms with Crippen LogP contribution in [0.5, 0.6) is 0 Å². The molecule has 0 amide bonds. The van der Waals surface area contributed by atoms with Crippen LogP contribution in [-0.4, -0.2) is 51.1 Å². The van der Waals surface area contributed by atoms with E-state index in [2.05, 4.69) is 43.7 Å². The first-order valence-corrected chi connectivity index (χ1v) is 17.2. The molecular weight excluding hydrogens is 602 g/mol. The summed E-state index contributed by atoms with van der Waals surface area (Å²) < 4.78 is 0. The minimum atomic E-state index is 0.318. The van der Waals surface area contributed by atoms with Gasteiger partial charge in [-0.2, -0.15) is 0 Å². The molecule has 4 aliphatic rings. The fourth-order valence-electron chi connectivity index (χ4n) is 7.84. The number of nitrogens with two attached hydrogens (primary N) is 1. The van der Waals surface area contributed by atoms with E-state index in [0.717, 1.165) is 81.0 Å². The molecule has 45 heavy (non-hydrogen) atoms. The second kappa shape index (κ2) is 11.7. The Morgan fingerprint density at radius 1 is 0.889 bits per heavy atom. The van der Waals surface area contributed by atoms with Gasteiger partial charge in [0.05, 0.1) is 11.2 Å². The van der Waals surface area contributed by atoms with Crippen LogP contribution in [0.2, 0.25) is 5.02 Å². The second-order valence-corrected chi connectivity index (χ2v) is 14.8. The maximum absolute atomic E-state index is 6.85. The van der Waals surface area contributed by atoms with Gasteiger partial charge in [0.15, 0.2) is 5.82 Å². The van der Waals surface area contributed by atoms with Crippen molar-refractivity contribution in [3.8, 4) is 0 Å². The summed E-state index contributed by atoms with van der Waals surface area (Å²) >= 11 is 8.26. The highest BCUT2D eigenvalue weighted by atomic mass is 35.5. The molecule has 2 fully saturated rings. The lowest BCUT2D eigenvalue weighted by Gasteiger charge is -2.39.